The van der Waals surface area contributed by atoms with E-state index in [1.54, 1.807) is 0 Å². The molecule has 1 N–H and O–H groups in total. The van der Waals surface area contributed by atoms with Crippen LogP contribution in [0.4, 0.5) is 0 Å². The number of rotatable bonds is 4. The molecular weight excluding hydrogens is 328 g/mol. The lowest BCUT2D eigenvalue weighted by Gasteiger charge is -2.44. The summed E-state index contributed by atoms with van der Waals surface area (Å²) in [6, 6.07) is 0. The molecule has 3 saturated heterocycles. The Kier molecular flexibility index (Phi) is 5.33. The lowest BCUT2D eigenvalue weighted by Crippen LogP contribution is -2.61. The van der Waals surface area contributed by atoms with E-state index in [4.69, 9.17) is 23.7 Å². The van der Waals surface area contributed by atoms with Gasteiger partial charge in [0.2, 0.25) is 0 Å². The highest BCUT2D eigenvalue weighted by Gasteiger charge is 2.55. The smallest absolute Gasteiger partial charge is 0.310 e. The van der Waals surface area contributed by atoms with E-state index < -0.39 is 55.2 Å². The van der Waals surface area contributed by atoms with Crippen LogP contribution < -0.4 is 0 Å². The summed E-state index contributed by atoms with van der Waals surface area (Å²) in [5.41, 5.74) is 0. The zero-order chi connectivity index (χ0) is 17.3. The highest BCUT2D eigenvalue weighted by atomic mass is 16.8. The highest BCUT2D eigenvalue weighted by molar-refractivity contribution is 5.69. The van der Waals surface area contributed by atoms with Crippen LogP contribution in [-0.4, -0.2) is 81.2 Å². The number of carbonyl (C=O) groups is 2. The Bertz CT molecular complexity index is 482. The Labute approximate surface area is 137 Å². The molecule has 0 aromatic carbocycles. The molecule has 3 fully saturated rings. The summed E-state index contributed by atoms with van der Waals surface area (Å²) in [6.07, 6.45) is -5.74. The molecule has 136 valence electrons. The van der Waals surface area contributed by atoms with Crippen LogP contribution in [-0.2, 0) is 42.7 Å². The largest absolute Gasteiger partial charge is 0.469 e. The van der Waals surface area contributed by atoms with Gasteiger partial charge in [-0.25, -0.2) is 0 Å². The van der Waals surface area contributed by atoms with E-state index in [1.165, 1.54) is 14.2 Å². The highest BCUT2D eigenvalue weighted by Crippen LogP contribution is 2.37. The molecule has 3 heterocycles. The molecule has 7 atom stereocenters. The number of carbonyl (C=O) groups excluding carboxylic acids is 2. The Morgan fingerprint density at radius 2 is 1.50 bits per heavy atom. The van der Waals surface area contributed by atoms with Crippen molar-refractivity contribution in [2.45, 2.75) is 56.1 Å². The number of esters is 2. The number of fused-ring (bicyclic) bond motifs is 3. The van der Waals surface area contributed by atoms with Crippen LogP contribution in [0.25, 0.3) is 0 Å². The van der Waals surface area contributed by atoms with Gasteiger partial charge in [0.25, 0.3) is 0 Å². The molecule has 3 aliphatic heterocycles. The number of aliphatic hydroxyl groups is 1. The molecule has 0 spiro atoms. The predicted molar refractivity (Wildman–Crippen MR) is 72.3 cm³/mol. The quantitative estimate of drug-likeness (QED) is 0.613. The number of ether oxygens (including phenoxy) is 7. The molecule has 0 aromatic rings. The predicted octanol–water partition coefficient (Wildman–Crippen LogP) is -1.32. The summed E-state index contributed by atoms with van der Waals surface area (Å²) < 4.78 is 36.9. The van der Waals surface area contributed by atoms with Gasteiger partial charge in [-0.15, -0.1) is 0 Å². The maximum Gasteiger partial charge on any atom is 0.310 e. The topological polar surface area (TPSA) is 119 Å². The summed E-state index contributed by atoms with van der Waals surface area (Å²) in [5, 5.41) is 10.0. The Morgan fingerprint density at radius 1 is 0.917 bits per heavy atom. The first kappa shape index (κ1) is 17.5. The van der Waals surface area contributed by atoms with Crippen LogP contribution in [0.15, 0.2) is 0 Å². The van der Waals surface area contributed by atoms with Gasteiger partial charge in [0.15, 0.2) is 18.9 Å². The molecule has 0 aromatic heterocycles. The van der Waals surface area contributed by atoms with E-state index in [1.807, 2.05) is 0 Å². The van der Waals surface area contributed by atoms with E-state index in [9.17, 15) is 14.7 Å². The van der Waals surface area contributed by atoms with Crippen molar-refractivity contribution < 1.29 is 47.9 Å². The van der Waals surface area contributed by atoms with Crippen molar-refractivity contribution in [1.82, 2.24) is 0 Å². The summed E-state index contributed by atoms with van der Waals surface area (Å²) in [7, 11) is 2.53. The first-order valence-corrected chi connectivity index (χ1v) is 7.57. The maximum absolute atomic E-state index is 11.4. The average molecular weight is 348 g/mol. The number of aliphatic hydroxyl groups excluding tert-OH is 1. The third-order valence-corrected chi connectivity index (χ3v) is 4.10. The van der Waals surface area contributed by atoms with Crippen molar-refractivity contribution in [3.8, 4) is 0 Å². The number of hydrogen-bond acceptors (Lipinski definition) is 10. The first-order chi connectivity index (χ1) is 11.5. The minimum atomic E-state index is -1.23. The molecule has 0 bridgehead atoms. The van der Waals surface area contributed by atoms with Crippen LogP contribution in [0, 0.1) is 0 Å². The molecule has 3 rings (SSSR count). The molecule has 0 radical (unpaired) electrons. The van der Waals surface area contributed by atoms with Crippen LogP contribution in [0.3, 0.4) is 0 Å². The standard InChI is InChI=1S/C14H20O10/c1-18-7(15)3-9-20-5-6-11(22-9)12-13(14(17)21-6)24-10(23-12)4-8(16)19-2/h6,9-14,17H,3-5H2,1-2H3. The molecule has 3 aliphatic rings. The number of methoxy groups -OCH3 is 2. The zero-order valence-electron chi connectivity index (χ0n) is 13.3. The third kappa shape index (κ3) is 3.53. The van der Waals surface area contributed by atoms with Crippen molar-refractivity contribution in [3.05, 3.63) is 0 Å². The summed E-state index contributed by atoms with van der Waals surface area (Å²) in [4.78, 5) is 22.7. The van der Waals surface area contributed by atoms with E-state index >= 15 is 0 Å². The van der Waals surface area contributed by atoms with Crippen LogP contribution in [0.2, 0.25) is 0 Å². The normalized spacial score (nSPS) is 41.2. The summed E-state index contributed by atoms with van der Waals surface area (Å²) in [5.74, 6) is -0.971. The molecular formula is C14H20O10. The molecule has 0 saturated carbocycles. The lowest BCUT2D eigenvalue weighted by molar-refractivity contribution is -0.336. The van der Waals surface area contributed by atoms with Gasteiger partial charge >= 0.3 is 11.9 Å². The van der Waals surface area contributed by atoms with Gasteiger partial charge < -0.3 is 38.3 Å². The second-order valence-electron chi connectivity index (χ2n) is 5.62. The average Bonchev–Trinajstić information content (AvgIpc) is 2.99. The number of hydrogen-bond donors (Lipinski definition) is 1. The van der Waals surface area contributed by atoms with Crippen molar-refractivity contribution >= 4 is 11.9 Å². The fraction of sp³-hybridized carbons (Fsp3) is 0.857. The van der Waals surface area contributed by atoms with Crippen molar-refractivity contribution in [3.63, 3.8) is 0 Å². The SMILES string of the molecule is COC(=O)CC1OCC2OC(O)C3OC(CC(=O)OC)OC3C2O1. The van der Waals surface area contributed by atoms with E-state index in [0.29, 0.717) is 0 Å². The van der Waals surface area contributed by atoms with E-state index in [0.717, 1.165) is 0 Å². The minimum Gasteiger partial charge on any atom is -0.469 e. The van der Waals surface area contributed by atoms with Crippen molar-refractivity contribution in [1.29, 1.82) is 0 Å². The van der Waals surface area contributed by atoms with Crippen molar-refractivity contribution in [2.75, 3.05) is 20.8 Å². The Balaban J connectivity index is 1.66. The molecule has 0 aliphatic carbocycles. The van der Waals surface area contributed by atoms with Crippen LogP contribution in [0.5, 0.6) is 0 Å². The second kappa shape index (κ2) is 7.30. The van der Waals surface area contributed by atoms with Gasteiger partial charge in [0.05, 0.1) is 33.7 Å². The first-order valence-electron chi connectivity index (χ1n) is 7.57. The Morgan fingerprint density at radius 3 is 2.17 bits per heavy atom. The minimum absolute atomic E-state index is 0.0773. The fourth-order valence-corrected chi connectivity index (χ4v) is 2.93. The molecule has 10 heteroatoms. The van der Waals surface area contributed by atoms with Gasteiger partial charge in [-0.1, -0.05) is 0 Å². The van der Waals surface area contributed by atoms with Gasteiger partial charge in [0, 0.05) is 0 Å². The summed E-state index contributed by atoms with van der Waals surface area (Å²) in [6.45, 7) is 0.123. The Hall–Kier alpha value is -1.30. The van der Waals surface area contributed by atoms with Gasteiger partial charge in [-0.05, 0) is 0 Å². The molecule has 7 unspecified atom stereocenters. The maximum atomic E-state index is 11.4. The van der Waals surface area contributed by atoms with Gasteiger partial charge in [-0.3, -0.25) is 9.59 Å². The van der Waals surface area contributed by atoms with Crippen LogP contribution in [0.1, 0.15) is 12.8 Å². The van der Waals surface area contributed by atoms with Gasteiger partial charge in [-0.2, -0.15) is 0 Å². The van der Waals surface area contributed by atoms with E-state index in [2.05, 4.69) is 9.47 Å². The molecule has 10 nitrogen and oxygen atoms in total. The second-order valence-corrected chi connectivity index (χ2v) is 5.62. The lowest BCUT2D eigenvalue weighted by atomic mass is 9.98. The molecule has 0 amide bonds. The van der Waals surface area contributed by atoms with Gasteiger partial charge in [0.1, 0.15) is 24.4 Å². The zero-order valence-corrected chi connectivity index (χ0v) is 13.3. The monoisotopic (exact) mass is 348 g/mol. The fourth-order valence-electron chi connectivity index (χ4n) is 2.93. The third-order valence-electron chi connectivity index (χ3n) is 4.10. The molecule has 24 heavy (non-hydrogen) atoms. The van der Waals surface area contributed by atoms with Crippen LogP contribution >= 0.6 is 0 Å². The van der Waals surface area contributed by atoms with E-state index in [-0.39, 0.29) is 19.4 Å². The summed E-state index contributed by atoms with van der Waals surface area (Å²) >= 11 is 0. The van der Waals surface area contributed by atoms with Crippen molar-refractivity contribution in [2.24, 2.45) is 0 Å².